The second-order valence-corrected chi connectivity index (χ2v) is 6.37. The number of pyridine rings is 1. The molecule has 0 bridgehead atoms. The number of nitrogens with one attached hydrogen (secondary N) is 1. The van der Waals surface area contributed by atoms with Crippen LogP contribution in [-0.2, 0) is 10.0 Å². The highest BCUT2D eigenvalue weighted by Crippen LogP contribution is 2.17. The summed E-state index contributed by atoms with van der Waals surface area (Å²) in [4.78, 5) is 3.89. The van der Waals surface area contributed by atoms with Crippen LogP contribution in [0, 0.1) is 0 Å². The average Bonchev–Trinajstić information content (AvgIpc) is 2.03. The predicted octanol–water partition coefficient (Wildman–Crippen LogP) is 2.89. The number of sulfonamides is 1. The van der Waals surface area contributed by atoms with Crippen molar-refractivity contribution in [2.45, 2.75) is 40.4 Å². The molecule has 1 heterocycles. The molecule has 0 radical (unpaired) electrons. The highest BCUT2D eigenvalue weighted by molar-refractivity contribution is 7.94. The number of hydrogen-bond acceptors (Lipinski definition) is 3. The molecule has 0 unspecified atom stereocenters. The van der Waals surface area contributed by atoms with Gasteiger partial charge in [-0.3, -0.25) is 4.72 Å². The van der Waals surface area contributed by atoms with Crippen LogP contribution in [-0.4, -0.2) is 18.1 Å². The van der Waals surface area contributed by atoms with E-state index in [1.807, 2.05) is 0 Å². The molecule has 5 heteroatoms. The number of nitrogens with zero attached hydrogens (tertiary/aromatic N) is 1. The lowest BCUT2D eigenvalue weighted by atomic mass is 10.3. The average molecular weight is 246 g/mol. The highest BCUT2D eigenvalue weighted by Gasteiger charge is 2.28. The molecule has 0 aromatic carbocycles. The van der Waals surface area contributed by atoms with Crippen molar-refractivity contribution < 1.29 is 8.42 Å². The summed E-state index contributed by atoms with van der Waals surface area (Å²) in [5, 5.41) is 0. The summed E-state index contributed by atoms with van der Waals surface area (Å²) in [6, 6.07) is 5.08. The Balaban J connectivity index is 0. The Bertz CT molecular complexity index is 394. The molecule has 1 aromatic rings. The number of hydrogen-bond donors (Lipinski definition) is 1. The normalized spacial score (nSPS) is 10.9. The Kier molecular flexibility index (Phi) is 6.32. The van der Waals surface area contributed by atoms with Crippen LogP contribution in [0.5, 0.6) is 0 Å². The van der Waals surface area contributed by atoms with Crippen LogP contribution in [0.4, 0.5) is 5.82 Å². The zero-order chi connectivity index (χ0) is 10.8. The van der Waals surface area contributed by atoms with E-state index in [1.165, 1.54) is 0 Å². The van der Waals surface area contributed by atoms with Crippen LogP contribution >= 0.6 is 0 Å². The molecule has 16 heavy (non-hydrogen) atoms. The van der Waals surface area contributed by atoms with Crippen molar-refractivity contribution in [2.24, 2.45) is 0 Å². The van der Waals surface area contributed by atoms with Gasteiger partial charge in [0.2, 0.25) is 10.0 Å². The fourth-order valence-electron chi connectivity index (χ4n) is 0.714. The van der Waals surface area contributed by atoms with Gasteiger partial charge in [0, 0.05) is 6.20 Å². The number of aromatic nitrogens is 1. The number of anilines is 1. The third kappa shape index (κ3) is 4.18. The minimum Gasteiger partial charge on any atom is -0.267 e. The molecule has 0 aliphatic rings. The van der Waals surface area contributed by atoms with E-state index in [2.05, 4.69) is 9.71 Å². The van der Waals surface area contributed by atoms with Crippen molar-refractivity contribution in [3.63, 3.8) is 0 Å². The van der Waals surface area contributed by atoms with E-state index in [4.69, 9.17) is 0 Å². The van der Waals surface area contributed by atoms with Crippen molar-refractivity contribution in [1.82, 2.24) is 4.98 Å². The highest BCUT2D eigenvalue weighted by atomic mass is 32.2. The summed E-state index contributed by atoms with van der Waals surface area (Å²) < 4.78 is 24.9. The Labute approximate surface area is 99.2 Å². The molecule has 0 aliphatic heterocycles. The molecule has 1 aromatic heterocycles. The summed E-state index contributed by atoms with van der Waals surface area (Å²) in [6.45, 7) is 4.91. The largest absolute Gasteiger partial charge is 0.267 e. The smallest absolute Gasteiger partial charge is 0.238 e. The Morgan fingerprint density at radius 2 is 1.75 bits per heavy atom. The topological polar surface area (TPSA) is 59.1 Å². The SMILES string of the molecule is C.C.CC(C)(C)S(=O)(=O)Nc1ccccn1. The maximum atomic E-state index is 11.7. The third-order valence-corrected chi connectivity index (χ3v) is 3.80. The van der Waals surface area contributed by atoms with Crippen LogP contribution < -0.4 is 4.72 Å². The predicted molar refractivity (Wildman–Crippen MR) is 70.0 cm³/mol. The lowest BCUT2D eigenvalue weighted by Crippen LogP contribution is -2.33. The first-order valence-electron chi connectivity index (χ1n) is 4.26. The maximum absolute atomic E-state index is 11.7. The van der Waals surface area contributed by atoms with Gasteiger partial charge < -0.3 is 0 Å². The molecule has 0 fully saturated rings. The zero-order valence-electron chi connectivity index (χ0n) is 8.48. The van der Waals surface area contributed by atoms with E-state index in [-0.39, 0.29) is 14.9 Å². The fraction of sp³-hybridized carbons (Fsp3) is 0.545. The molecule has 0 atom stereocenters. The first kappa shape index (κ1) is 17.3. The summed E-state index contributed by atoms with van der Waals surface area (Å²) >= 11 is 0. The number of rotatable bonds is 2. The van der Waals surface area contributed by atoms with E-state index in [0.717, 1.165) is 0 Å². The van der Waals surface area contributed by atoms with Crippen molar-refractivity contribution in [3.8, 4) is 0 Å². The van der Waals surface area contributed by atoms with E-state index in [9.17, 15) is 8.42 Å². The van der Waals surface area contributed by atoms with E-state index in [1.54, 1.807) is 45.2 Å². The first-order chi connectivity index (χ1) is 6.33. The second-order valence-electron chi connectivity index (χ2n) is 3.93. The zero-order valence-corrected chi connectivity index (χ0v) is 9.30. The Hall–Kier alpha value is -1.10. The van der Waals surface area contributed by atoms with E-state index in [0.29, 0.717) is 5.82 Å². The lowest BCUT2D eigenvalue weighted by molar-refractivity contribution is 0.566. The standard InChI is InChI=1S/C9H14N2O2S.2CH4/c1-9(2,3)14(12,13)11-8-6-4-5-7-10-8;;/h4-7H,1-3H3,(H,10,11);2*1H4. The molecule has 1 N–H and O–H groups in total. The van der Waals surface area contributed by atoms with Gasteiger partial charge in [-0.05, 0) is 32.9 Å². The van der Waals surface area contributed by atoms with Gasteiger partial charge >= 0.3 is 0 Å². The van der Waals surface area contributed by atoms with Gasteiger partial charge in [0.25, 0.3) is 0 Å². The molecule has 0 saturated carbocycles. The van der Waals surface area contributed by atoms with Crippen molar-refractivity contribution in [2.75, 3.05) is 4.72 Å². The van der Waals surface area contributed by atoms with Crippen LogP contribution in [0.1, 0.15) is 35.6 Å². The summed E-state index contributed by atoms with van der Waals surface area (Å²) in [5.41, 5.74) is 0. The molecule has 94 valence electrons. The molecule has 0 aliphatic carbocycles. The molecular formula is C11H22N2O2S. The van der Waals surface area contributed by atoms with Gasteiger partial charge in [0.1, 0.15) is 5.82 Å². The first-order valence-corrected chi connectivity index (χ1v) is 5.75. The van der Waals surface area contributed by atoms with Gasteiger partial charge in [-0.2, -0.15) is 0 Å². The molecule has 4 nitrogen and oxygen atoms in total. The molecular weight excluding hydrogens is 224 g/mol. The van der Waals surface area contributed by atoms with Gasteiger partial charge in [0.05, 0.1) is 4.75 Å². The van der Waals surface area contributed by atoms with Crippen LogP contribution in [0.2, 0.25) is 0 Å². The van der Waals surface area contributed by atoms with Crippen LogP contribution in [0.3, 0.4) is 0 Å². The van der Waals surface area contributed by atoms with Gasteiger partial charge in [0.15, 0.2) is 0 Å². The molecule has 1 rings (SSSR count). The van der Waals surface area contributed by atoms with E-state index >= 15 is 0 Å². The third-order valence-electron chi connectivity index (χ3n) is 1.71. The monoisotopic (exact) mass is 246 g/mol. The summed E-state index contributed by atoms with van der Waals surface area (Å²) in [5.74, 6) is 0.349. The van der Waals surface area contributed by atoms with Gasteiger partial charge in [-0.15, -0.1) is 0 Å². The van der Waals surface area contributed by atoms with Crippen molar-refractivity contribution in [3.05, 3.63) is 24.4 Å². The van der Waals surface area contributed by atoms with Gasteiger partial charge in [-0.1, -0.05) is 20.9 Å². The summed E-state index contributed by atoms with van der Waals surface area (Å²) in [6.07, 6.45) is 1.54. The fourth-order valence-corrected chi connectivity index (χ4v) is 1.42. The van der Waals surface area contributed by atoms with Crippen molar-refractivity contribution in [1.29, 1.82) is 0 Å². The molecule has 0 spiro atoms. The Morgan fingerprint density at radius 1 is 1.19 bits per heavy atom. The van der Waals surface area contributed by atoms with E-state index < -0.39 is 14.8 Å². The van der Waals surface area contributed by atoms with Crippen LogP contribution in [0.15, 0.2) is 24.4 Å². The van der Waals surface area contributed by atoms with Crippen molar-refractivity contribution >= 4 is 15.8 Å². The van der Waals surface area contributed by atoms with Crippen LogP contribution in [0.25, 0.3) is 0 Å². The minimum atomic E-state index is -3.36. The van der Waals surface area contributed by atoms with Gasteiger partial charge in [-0.25, -0.2) is 13.4 Å². The molecule has 0 saturated heterocycles. The minimum absolute atomic E-state index is 0. The molecule has 0 amide bonds. The Morgan fingerprint density at radius 3 is 2.12 bits per heavy atom. The maximum Gasteiger partial charge on any atom is 0.238 e. The lowest BCUT2D eigenvalue weighted by Gasteiger charge is -2.19. The summed E-state index contributed by atoms with van der Waals surface area (Å²) in [7, 11) is -3.36. The quantitative estimate of drug-likeness (QED) is 0.873. The second kappa shape index (κ2) is 5.84.